The number of hydrogen-bond donors (Lipinski definition) is 1. The van der Waals surface area contributed by atoms with E-state index in [1.807, 2.05) is 6.07 Å². The number of rotatable bonds is 4. The molecule has 1 amide bonds. The summed E-state index contributed by atoms with van der Waals surface area (Å²) in [5.41, 5.74) is 0.559. The molecule has 0 aliphatic carbocycles. The van der Waals surface area contributed by atoms with Gasteiger partial charge in [-0.25, -0.2) is 9.78 Å². The van der Waals surface area contributed by atoms with Crippen LogP contribution in [-0.4, -0.2) is 23.0 Å². The first-order valence-corrected chi connectivity index (χ1v) is 8.01. The average molecular weight is 379 g/mol. The largest absolute Gasteiger partial charge is 0.449 e. The third kappa shape index (κ3) is 3.92. The highest BCUT2D eigenvalue weighted by atomic mass is 35.5. The maximum atomic E-state index is 12.1. The molecule has 1 aromatic carbocycles. The Morgan fingerprint density at radius 2 is 2.00 bits per heavy atom. The Labute approximate surface area is 152 Å². The molecule has 0 bridgehead atoms. The molecule has 25 heavy (non-hydrogen) atoms. The molecular weight excluding hydrogens is 367 g/mol. The van der Waals surface area contributed by atoms with E-state index in [4.69, 9.17) is 32.4 Å². The van der Waals surface area contributed by atoms with Crippen LogP contribution in [0.5, 0.6) is 0 Å². The number of furan rings is 1. The zero-order valence-corrected chi connectivity index (χ0v) is 14.5. The summed E-state index contributed by atoms with van der Waals surface area (Å²) >= 11 is 11.7. The van der Waals surface area contributed by atoms with Crippen molar-refractivity contribution < 1.29 is 18.7 Å². The molecule has 128 valence electrons. The van der Waals surface area contributed by atoms with Crippen LogP contribution in [0.1, 0.15) is 17.5 Å². The molecule has 1 atom stereocenters. The van der Waals surface area contributed by atoms with Gasteiger partial charge in [-0.05, 0) is 25.1 Å². The fourth-order valence-electron chi connectivity index (χ4n) is 2.08. The summed E-state index contributed by atoms with van der Waals surface area (Å²) in [6, 6.07) is 10.2. The number of benzene rings is 1. The molecule has 1 unspecified atom stereocenters. The number of para-hydroxylation sites is 1. The van der Waals surface area contributed by atoms with E-state index < -0.39 is 18.0 Å². The second-order valence-electron chi connectivity index (χ2n) is 5.17. The van der Waals surface area contributed by atoms with Gasteiger partial charge < -0.3 is 14.5 Å². The fraction of sp³-hybridized carbons (Fsp3) is 0.118. The van der Waals surface area contributed by atoms with Crippen LogP contribution in [0.4, 0.5) is 5.82 Å². The van der Waals surface area contributed by atoms with Gasteiger partial charge in [-0.1, -0.05) is 41.4 Å². The first kappa shape index (κ1) is 17.3. The zero-order chi connectivity index (χ0) is 18.0. The van der Waals surface area contributed by atoms with Crippen molar-refractivity contribution in [1.29, 1.82) is 0 Å². The lowest BCUT2D eigenvalue weighted by molar-refractivity contribution is -0.123. The third-order valence-corrected chi connectivity index (χ3v) is 3.82. The molecule has 2 aromatic heterocycles. The molecule has 8 heteroatoms. The Bertz CT molecular complexity index is 922. The molecule has 3 rings (SSSR count). The summed E-state index contributed by atoms with van der Waals surface area (Å²) < 4.78 is 10.5. The van der Waals surface area contributed by atoms with Crippen molar-refractivity contribution in [3.05, 3.63) is 58.4 Å². The minimum atomic E-state index is -1.07. The van der Waals surface area contributed by atoms with Gasteiger partial charge in [0.2, 0.25) is 5.76 Å². The quantitative estimate of drug-likeness (QED) is 0.683. The Kier molecular flexibility index (Phi) is 4.92. The number of esters is 1. The van der Waals surface area contributed by atoms with Crippen molar-refractivity contribution in [2.45, 2.75) is 13.0 Å². The van der Waals surface area contributed by atoms with Crippen molar-refractivity contribution in [1.82, 2.24) is 4.98 Å². The van der Waals surface area contributed by atoms with Crippen LogP contribution in [0, 0.1) is 0 Å². The highest BCUT2D eigenvalue weighted by molar-refractivity contribution is 6.36. The molecule has 0 saturated carbocycles. The lowest BCUT2D eigenvalue weighted by Crippen LogP contribution is -2.30. The van der Waals surface area contributed by atoms with E-state index in [0.29, 0.717) is 10.6 Å². The Hall–Kier alpha value is -2.57. The molecule has 0 spiro atoms. The summed E-state index contributed by atoms with van der Waals surface area (Å²) in [5, 5.41) is 3.76. The second kappa shape index (κ2) is 7.13. The van der Waals surface area contributed by atoms with Crippen LogP contribution in [0.25, 0.3) is 11.0 Å². The summed E-state index contributed by atoms with van der Waals surface area (Å²) in [6.45, 7) is 1.43. The van der Waals surface area contributed by atoms with Gasteiger partial charge in [0, 0.05) is 11.6 Å². The van der Waals surface area contributed by atoms with E-state index in [1.54, 1.807) is 24.3 Å². The van der Waals surface area contributed by atoms with E-state index >= 15 is 0 Å². The SMILES string of the molecule is CC(OC(=O)c1cc2ccccc2o1)C(=O)Nc1ncc(Cl)cc1Cl. The van der Waals surface area contributed by atoms with Gasteiger partial charge in [0.1, 0.15) is 5.58 Å². The first-order chi connectivity index (χ1) is 11.9. The van der Waals surface area contributed by atoms with E-state index in [1.165, 1.54) is 19.2 Å². The number of amides is 1. The third-order valence-electron chi connectivity index (χ3n) is 3.33. The smallest absolute Gasteiger partial charge is 0.375 e. The normalized spacial score (nSPS) is 12.0. The first-order valence-electron chi connectivity index (χ1n) is 7.25. The van der Waals surface area contributed by atoms with E-state index in [-0.39, 0.29) is 16.6 Å². The standard InChI is InChI=1S/C17H12Cl2N2O4/c1-9(16(22)21-15-12(19)7-11(18)8-20-15)24-17(23)14-6-10-4-2-3-5-13(10)25-14/h2-9H,1H3,(H,20,21,22). The number of pyridine rings is 1. The summed E-state index contributed by atoms with van der Waals surface area (Å²) in [7, 11) is 0. The predicted octanol–water partition coefficient (Wildman–Crippen LogP) is 4.32. The van der Waals surface area contributed by atoms with Crippen molar-refractivity contribution in [3.63, 3.8) is 0 Å². The van der Waals surface area contributed by atoms with Crippen LogP contribution in [-0.2, 0) is 9.53 Å². The minimum Gasteiger partial charge on any atom is -0.449 e. The predicted molar refractivity (Wildman–Crippen MR) is 94.0 cm³/mol. The molecule has 0 aliphatic rings. The number of hydrogen-bond acceptors (Lipinski definition) is 5. The molecule has 0 radical (unpaired) electrons. The van der Waals surface area contributed by atoms with Crippen molar-refractivity contribution in [2.75, 3.05) is 5.32 Å². The maximum Gasteiger partial charge on any atom is 0.375 e. The average Bonchev–Trinajstić information content (AvgIpc) is 3.01. The summed E-state index contributed by atoms with van der Waals surface area (Å²) in [4.78, 5) is 28.2. The fourth-order valence-corrected chi connectivity index (χ4v) is 2.51. The monoisotopic (exact) mass is 378 g/mol. The number of aromatic nitrogens is 1. The van der Waals surface area contributed by atoms with E-state index in [9.17, 15) is 9.59 Å². The minimum absolute atomic E-state index is 0.0171. The van der Waals surface area contributed by atoms with Gasteiger partial charge in [-0.3, -0.25) is 4.79 Å². The number of nitrogens with zero attached hydrogens (tertiary/aromatic N) is 1. The Morgan fingerprint density at radius 3 is 2.72 bits per heavy atom. The molecule has 0 fully saturated rings. The number of halogens is 2. The number of carbonyl (C=O) groups is 2. The van der Waals surface area contributed by atoms with E-state index in [2.05, 4.69) is 10.3 Å². The highest BCUT2D eigenvalue weighted by Gasteiger charge is 2.22. The number of carbonyl (C=O) groups excluding carboxylic acids is 2. The van der Waals surface area contributed by atoms with Crippen LogP contribution in [0.15, 0.2) is 47.0 Å². The number of ether oxygens (including phenoxy) is 1. The van der Waals surface area contributed by atoms with Gasteiger partial charge >= 0.3 is 5.97 Å². The van der Waals surface area contributed by atoms with Gasteiger partial charge in [0.25, 0.3) is 5.91 Å². The molecule has 0 saturated heterocycles. The van der Waals surface area contributed by atoms with Gasteiger partial charge in [-0.15, -0.1) is 0 Å². The van der Waals surface area contributed by atoms with Crippen molar-refractivity contribution in [3.8, 4) is 0 Å². The number of anilines is 1. The molecule has 0 aliphatic heterocycles. The van der Waals surface area contributed by atoms with Crippen molar-refractivity contribution >= 4 is 51.9 Å². The van der Waals surface area contributed by atoms with Crippen molar-refractivity contribution in [2.24, 2.45) is 0 Å². The van der Waals surface area contributed by atoms with Gasteiger partial charge in [0.05, 0.1) is 10.0 Å². The highest BCUT2D eigenvalue weighted by Crippen LogP contribution is 2.23. The van der Waals surface area contributed by atoms with Gasteiger partial charge in [0.15, 0.2) is 11.9 Å². The summed E-state index contributed by atoms with van der Waals surface area (Å²) in [6.07, 6.45) is 0.267. The number of nitrogens with one attached hydrogen (secondary N) is 1. The van der Waals surface area contributed by atoms with Crippen LogP contribution in [0.3, 0.4) is 0 Å². The number of fused-ring (bicyclic) bond motifs is 1. The van der Waals surface area contributed by atoms with Crippen LogP contribution >= 0.6 is 23.2 Å². The van der Waals surface area contributed by atoms with Crippen LogP contribution < -0.4 is 5.32 Å². The molecule has 1 N–H and O–H groups in total. The zero-order valence-electron chi connectivity index (χ0n) is 13.0. The summed E-state index contributed by atoms with van der Waals surface area (Å²) in [5.74, 6) is -1.18. The lowest BCUT2D eigenvalue weighted by atomic mass is 10.2. The lowest BCUT2D eigenvalue weighted by Gasteiger charge is -2.12. The topological polar surface area (TPSA) is 81.4 Å². The van der Waals surface area contributed by atoms with Crippen LogP contribution in [0.2, 0.25) is 10.0 Å². The van der Waals surface area contributed by atoms with E-state index in [0.717, 1.165) is 5.39 Å². The second-order valence-corrected chi connectivity index (χ2v) is 6.01. The maximum absolute atomic E-state index is 12.1. The molecule has 2 heterocycles. The molecule has 6 nitrogen and oxygen atoms in total. The Morgan fingerprint density at radius 1 is 1.24 bits per heavy atom. The molecular formula is C17H12Cl2N2O4. The van der Waals surface area contributed by atoms with Gasteiger partial charge in [-0.2, -0.15) is 0 Å². The Balaban J connectivity index is 1.67. The molecule has 3 aromatic rings.